The minimum atomic E-state index is -0.438. The van der Waals surface area contributed by atoms with Crippen LogP contribution >= 0.6 is 0 Å². The molecule has 53 heavy (non-hydrogen) atoms. The Hall–Kier alpha value is -1.78. The van der Waals surface area contributed by atoms with Gasteiger partial charge in [-0.15, -0.1) is 0 Å². The quantitative estimate of drug-likeness (QED) is 0.111. The van der Waals surface area contributed by atoms with Gasteiger partial charge in [0.1, 0.15) is 0 Å². The SMILES string of the molecule is CC(C)CC(=O)[CH-]C(=O)C(C)(C)C.CC(C)CC(=O)[CH-]C(=O)C(C)(C)C.CC(C)CC(=O)[CH-]C(=O)C(C)(C)C.CC(C)CC(=O)[CH-]C(=O)C(C)(C)C.[Ce+4]. The fourth-order valence-corrected chi connectivity index (χ4v) is 3.30. The number of carbonyl (C=O) groups excluding carboxylic acids is 8. The molecule has 0 aliphatic rings. The van der Waals surface area contributed by atoms with E-state index in [0.29, 0.717) is 49.4 Å². The number of rotatable bonds is 16. The maximum absolute atomic E-state index is 11.4. The summed E-state index contributed by atoms with van der Waals surface area (Å²) in [5.41, 5.74) is -1.75. The molecule has 0 saturated heterocycles. The van der Waals surface area contributed by atoms with Crippen molar-refractivity contribution < 1.29 is 80.1 Å². The Labute approximate surface area is 359 Å². The van der Waals surface area contributed by atoms with E-state index in [2.05, 4.69) is 0 Å². The smallest absolute Gasteiger partial charge is 0.334 e. The molecule has 9 heteroatoms. The third kappa shape index (κ3) is 39.7. The van der Waals surface area contributed by atoms with Gasteiger partial charge in [0, 0.05) is 46.3 Å². The second-order valence-electron chi connectivity index (χ2n) is 19.3. The van der Waals surface area contributed by atoms with Crippen molar-refractivity contribution in [3.8, 4) is 0 Å². The van der Waals surface area contributed by atoms with Crippen molar-refractivity contribution in [3.63, 3.8) is 0 Å². The third-order valence-electron chi connectivity index (χ3n) is 6.56. The molecule has 0 heterocycles. The predicted octanol–water partition coefficient (Wildman–Crippen LogP) is 9.68. The molecule has 0 aromatic rings. The molecular weight excluding hydrogens is 797 g/mol. The van der Waals surface area contributed by atoms with E-state index in [0.717, 1.165) is 0 Å². The number of hydrogen-bond donors (Lipinski definition) is 0. The van der Waals surface area contributed by atoms with Gasteiger partial charge in [0.15, 0.2) is 0 Å². The molecule has 304 valence electrons. The van der Waals surface area contributed by atoms with E-state index >= 15 is 0 Å². The summed E-state index contributed by atoms with van der Waals surface area (Å²) < 4.78 is 0. The van der Waals surface area contributed by atoms with Crippen molar-refractivity contribution in [3.05, 3.63) is 25.7 Å². The number of ketones is 8. The second-order valence-corrected chi connectivity index (χ2v) is 19.3. The Morgan fingerprint density at radius 2 is 0.434 bits per heavy atom. The van der Waals surface area contributed by atoms with E-state index in [1.54, 1.807) is 0 Å². The van der Waals surface area contributed by atoms with E-state index in [-0.39, 0.29) is 88.0 Å². The van der Waals surface area contributed by atoms with Crippen LogP contribution in [0.15, 0.2) is 0 Å². The molecular formula is C44H76CeO8. The van der Waals surface area contributed by atoms with Crippen molar-refractivity contribution in [2.75, 3.05) is 0 Å². The summed E-state index contributed by atoms with van der Waals surface area (Å²) >= 11 is 0. The summed E-state index contributed by atoms with van der Waals surface area (Å²) in [6.45, 7) is 37.5. The Kier molecular flexibility index (Phi) is 31.6. The zero-order chi connectivity index (χ0) is 42.6. The van der Waals surface area contributed by atoms with Crippen molar-refractivity contribution >= 4 is 46.3 Å². The first-order valence-corrected chi connectivity index (χ1v) is 18.6. The second kappa shape index (κ2) is 27.7. The molecule has 0 aliphatic carbocycles. The van der Waals surface area contributed by atoms with Crippen LogP contribution < -0.4 is 0 Å². The van der Waals surface area contributed by atoms with Gasteiger partial charge in [-0.05, 0) is 71.0 Å². The first kappa shape index (κ1) is 60.5. The molecule has 0 aromatic carbocycles. The Bertz CT molecular complexity index is 978. The molecule has 0 spiro atoms. The van der Waals surface area contributed by atoms with Gasteiger partial charge in [-0.2, -0.15) is 0 Å². The van der Waals surface area contributed by atoms with Crippen LogP contribution in [0.1, 0.15) is 164 Å². The van der Waals surface area contributed by atoms with Gasteiger partial charge < -0.3 is 38.4 Å². The van der Waals surface area contributed by atoms with Crippen LogP contribution in [0.5, 0.6) is 0 Å². The minimum absolute atomic E-state index is 0. The zero-order valence-corrected chi connectivity index (χ0v) is 40.4. The van der Waals surface area contributed by atoms with Gasteiger partial charge >= 0.3 is 41.7 Å². The zero-order valence-electron chi connectivity index (χ0n) is 37.2. The average molecular weight is 873 g/mol. The summed E-state index contributed by atoms with van der Waals surface area (Å²) in [5, 5.41) is 0. The van der Waals surface area contributed by atoms with Gasteiger partial charge in [0.2, 0.25) is 0 Å². The van der Waals surface area contributed by atoms with Crippen molar-refractivity contribution in [2.24, 2.45) is 45.3 Å². The van der Waals surface area contributed by atoms with E-state index in [9.17, 15) is 38.4 Å². The monoisotopic (exact) mass is 872 g/mol. The predicted molar refractivity (Wildman–Crippen MR) is 213 cm³/mol. The first-order chi connectivity index (χ1) is 22.9. The Balaban J connectivity index is -0.000000192. The normalized spacial score (nSPS) is 11.3. The molecule has 0 saturated carbocycles. The third-order valence-corrected chi connectivity index (χ3v) is 6.56. The largest absolute Gasteiger partial charge is 4.00 e. The fraction of sp³-hybridized carbons (Fsp3) is 0.727. The molecule has 0 aromatic heterocycles. The standard InChI is InChI=1S/4C11H19O2.Ce/c4*1-8(2)6-9(12)7-10(13)11(3,4)5;/h4*7-8H,6H2,1-5H3;/q4*-1;+4. The van der Waals surface area contributed by atoms with Gasteiger partial charge in [-0.3, -0.25) is 25.7 Å². The molecule has 8 nitrogen and oxygen atoms in total. The summed E-state index contributed by atoms with van der Waals surface area (Å²) in [6.07, 6.45) is 6.78. The van der Waals surface area contributed by atoms with Crippen LogP contribution in [0.4, 0.5) is 0 Å². The molecule has 0 atom stereocenters. The molecule has 0 radical (unpaired) electrons. The van der Waals surface area contributed by atoms with Gasteiger partial charge in [-0.1, -0.05) is 138 Å². The summed E-state index contributed by atoms with van der Waals surface area (Å²) in [7, 11) is 0. The van der Waals surface area contributed by atoms with E-state index in [4.69, 9.17) is 0 Å². The van der Waals surface area contributed by atoms with Gasteiger partial charge in [0.05, 0.1) is 0 Å². The topological polar surface area (TPSA) is 137 Å². The summed E-state index contributed by atoms with van der Waals surface area (Å²) in [4.78, 5) is 90.5. The minimum Gasteiger partial charge on any atom is -0.334 e. The van der Waals surface area contributed by atoms with E-state index < -0.39 is 21.7 Å². The van der Waals surface area contributed by atoms with Gasteiger partial charge in [0.25, 0.3) is 0 Å². The molecule has 0 unspecified atom stereocenters. The number of Topliss-reactive ketones (excluding diaryl/α,β-unsaturated/α-hetero) is 8. The molecule has 0 bridgehead atoms. The van der Waals surface area contributed by atoms with Crippen molar-refractivity contribution in [1.82, 2.24) is 0 Å². The van der Waals surface area contributed by atoms with Crippen LogP contribution in [0.3, 0.4) is 0 Å². The number of carbonyl (C=O) groups is 8. The van der Waals surface area contributed by atoms with Crippen LogP contribution in [-0.4, -0.2) is 46.3 Å². The van der Waals surface area contributed by atoms with Crippen molar-refractivity contribution in [1.29, 1.82) is 0 Å². The maximum Gasteiger partial charge on any atom is 4.00 e. The van der Waals surface area contributed by atoms with Crippen molar-refractivity contribution in [2.45, 2.75) is 164 Å². The van der Waals surface area contributed by atoms with E-state index in [1.807, 2.05) is 138 Å². The number of hydrogen-bond acceptors (Lipinski definition) is 8. The molecule has 0 fully saturated rings. The van der Waals surface area contributed by atoms with Crippen LogP contribution in [0, 0.1) is 113 Å². The average Bonchev–Trinajstić information content (AvgIpc) is 2.85. The Morgan fingerprint density at radius 3 is 0.509 bits per heavy atom. The molecule has 0 amide bonds. The molecule has 0 N–H and O–H groups in total. The van der Waals surface area contributed by atoms with Crippen LogP contribution in [-0.2, 0) is 38.4 Å². The maximum atomic E-state index is 11.4. The van der Waals surface area contributed by atoms with Crippen LogP contribution in [0.2, 0.25) is 0 Å². The Morgan fingerprint density at radius 1 is 0.321 bits per heavy atom. The van der Waals surface area contributed by atoms with Gasteiger partial charge in [-0.25, -0.2) is 0 Å². The summed E-state index contributed by atoms with van der Waals surface area (Å²) in [6, 6.07) is 0. The fourth-order valence-electron chi connectivity index (χ4n) is 3.30. The summed E-state index contributed by atoms with van der Waals surface area (Å²) in [5.74, 6) is 0.684. The first-order valence-electron chi connectivity index (χ1n) is 18.6. The molecule has 0 rings (SSSR count). The molecule has 0 aliphatic heterocycles. The van der Waals surface area contributed by atoms with E-state index in [1.165, 1.54) is 25.7 Å². The van der Waals surface area contributed by atoms with Crippen LogP contribution in [0.25, 0.3) is 0 Å².